The zero-order valence-corrected chi connectivity index (χ0v) is 15.0. The molecule has 1 N–H and O–H groups in total. The second-order valence-corrected chi connectivity index (χ2v) is 7.08. The van der Waals surface area contributed by atoms with Gasteiger partial charge in [-0.3, -0.25) is 4.79 Å². The van der Waals surface area contributed by atoms with E-state index in [2.05, 4.69) is 33.4 Å². The van der Waals surface area contributed by atoms with E-state index in [1.165, 1.54) is 0 Å². The highest BCUT2D eigenvalue weighted by Gasteiger charge is 2.23. The molecule has 5 heteroatoms. The Morgan fingerprint density at radius 3 is 2.48 bits per heavy atom. The first kappa shape index (κ1) is 16.3. The minimum atomic E-state index is 0.0644. The standard InChI is InChI=1S/C18H18BrClN2O/c19-14-4-6-16(7-5-14)21-17-8-10-22(11-9-17)18(23)13-2-1-3-15(20)12-13/h1-7,12,17,21H,8-11H2. The van der Waals surface area contributed by atoms with Gasteiger partial charge in [0.25, 0.3) is 5.91 Å². The van der Waals surface area contributed by atoms with E-state index in [4.69, 9.17) is 11.6 Å². The molecule has 2 aromatic carbocycles. The lowest BCUT2D eigenvalue weighted by atomic mass is 10.0. The van der Waals surface area contributed by atoms with Crippen LogP contribution in [0.3, 0.4) is 0 Å². The number of piperidine rings is 1. The fraction of sp³-hybridized carbons (Fsp3) is 0.278. The maximum absolute atomic E-state index is 12.5. The van der Waals surface area contributed by atoms with E-state index < -0.39 is 0 Å². The third-order valence-corrected chi connectivity index (χ3v) is 4.83. The molecule has 0 aromatic heterocycles. The predicted molar refractivity (Wildman–Crippen MR) is 98.1 cm³/mol. The molecule has 1 fully saturated rings. The van der Waals surface area contributed by atoms with Crippen LogP contribution in [0.4, 0.5) is 5.69 Å². The smallest absolute Gasteiger partial charge is 0.253 e. The number of hydrogen-bond donors (Lipinski definition) is 1. The van der Waals surface area contributed by atoms with Gasteiger partial charge in [-0.2, -0.15) is 0 Å². The number of halogens is 2. The number of benzene rings is 2. The van der Waals surface area contributed by atoms with Gasteiger partial charge in [0.1, 0.15) is 0 Å². The van der Waals surface area contributed by atoms with Crippen molar-refractivity contribution in [3.63, 3.8) is 0 Å². The SMILES string of the molecule is O=C(c1cccc(Cl)c1)N1CCC(Nc2ccc(Br)cc2)CC1. The van der Waals surface area contributed by atoms with E-state index in [9.17, 15) is 4.79 Å². The molecule has 0 spiro atoms. The van der Waals surface area contributed by atoms with Crippen molar-refractivity contribution in [2.75, 3.05) is 18.4 Å². The number of anilines is 1. The quantitative estimate of drug-likeness (QED) is 0.811. The Hall–Kier alpha value is -1.52. The van der Waals surface area contributed by atoms with Crippen LogP contribution in [0.15, 0.2) is 53.0 Å². The topological polar surface area (TPSA) is 32.3 Å². The molecule has 0 bridgehead atoms. The van der Waals surface area contributed by atoms with Crippen LogP contribution >= 0.6 is 27.5 Å². The zero-order valence-electron chi connectivity index (χ0n) is 12.6. The fourth-order valence-electron chi connectivity index (χ4n) is 2.81. The Bertz CT molecular complexity index is 682. The van der Waals surface area contributed by atoms with Crippen molar-refractivity contribution in [2.45, 2.75) is 18.9 Å². The summed E-state index contributed by atoms with van der Waals surface area (Å²) in [5.41, 5.74) is 1.78. The maximum atomic E-state index is 12.5. The molecule has 1 heterocycles. The third kappa shape index (κ3) is 4.27. The number of carbonyl (C=O) groups is 1. The fourth-order valence-corrected chi connectivity index (χ4v) is 3.27. The number of nitrogens with zero attached hydrogens (tertiary/aromatic N) is 1. The maximum Gasteiger partial charge on any atom is 0.253 e. The summed E-state index contributed by atoms with van der Waals surface area (Å²) in [6.07, 6.45) is 1.89. The summed E-state index contributed by atoms with van der Waals surface area (Å²) < 4.78 is 1.07. The van der Waals surface area contributed by atoms with Crippen molar-refractivity contribution in [3.05, 3.63) is 63.6 Å². The lowest BCUT2D eigenvalue weighted by molar-refractivity contribution is 0.0718. The van der Waals surface area contributed by atoms with Gasteiger partial charge in [-0.25, -0.2) is 0 Å². The summed E-state index contributed by atoms with van der Waals surface area (Å²) >= 11 is 9.41. The number of hydrogen-bond acceptors (Lipinski definition) is 2. The molecule has 120 valence electrons. The van der Waals surface area contributed by atoms with Crippen LogP contribution in [0, 0.1) is 0 Å². The van der Waals surface area contributed by atoms with Gasteiger partial charge in [0.2, 0.25) is 0 Å². The normalized spacial score (nSPS) is 15.5. The van der Waals surface area contributed by atoms with Gasteiger partial charge in [-0.05, 0) is 55.3 Å². The molecule has 23 heavy (non-hydrogen) atoms. The minimum Gasteiger partial charge on any atom is -0.382 e. The Balaban J connectivity index is 1.55. The van der Waals surface area contributed by atoms with Crippen LogP contribution < -0.4 is 5.32 Å². The Morgan fingerprint density at radius 2 is 1.83 bits per heavy atom. The minimum absolute atomic E-state index is 0.0644. The number of carbonyl (C=O) groups excluding carboxylic acids is 1. The lowest BCUT2D eigenvalue weighted by Crippen LogP contribution is -2.42. The average Bonchev–Trinajstić information content (AvgIpc) is 2.57. The van der Waals surface area contributed by atoms with Gasteiger partial charge in [0.05, 0.1) is 0 Å². The van der Waals surface area contributed by atoms with Gasteiger partial charge in [-0.1, -0.05) is 33.6 Å². The molecular formula is C18H18BrClN2O. The van der Waals surface area contributed by atoms with Crippen LogP contribution in [-0.2, 0) is 0 Å². The Morgan fingerprint density at radius 1 is 1.13 bits per heavy atom. The van der Waals surface area contributed by atoms with E-state index in [1.54, 1.807) is 12.1 Å². The van der Waals surface area contributed by atoms with E-state index in [0.29, 0.717) is 16.6 Å². The highest BCUT2D eigenvalue weighted by atomic mass is 79.9. The van der Waals surface area contributed by atoms with Gasteiger partial charge in [0, 0.05) is 39.9 Å². The van der Waals surface area contributed by atoms with Gasteiger partial charge < -0.3 is 10.2 Å². The van der Waals surface area contributed by atoms with Crippen LogP contribution in [0.5, 0.6) is 0 Å². The number of rotatable bonds is 3. The predicted octanol–water partition coefficient (Wildman–Crippen LogP) is 4.82. The molecule has 1 saturated heterocycles. The first-order valence-electron chi connectivity index (χ1n) is 7.69. The van der Waals surface area contributed by atoms with Crippen LogP contribution in [0.1, 0.15) is 23.2 Å². The summed E-state index contributed by atoms with van der Waals surface area (Å²) in [6.45, 7) is 1.53. The molecule has 0 unspecified atom stereocenters. The summed E-state index contributed by atoms with van der Waals surface area (Å²) in [5, 5.41) is 4.14. The van der Waals surface area contributed by atoms with E-state index in [-0.39, 0.29) is 5.91 Å². The molecule has 0 saturated carbocycles. The second kappa shape index (κ2) is 7.37. The summed E-state index contributed by atoms with van der Waals surface area (Å²) in [5.74, 6) is 0.0644. The van der Waals surface area contributed by atoms with Crippen molar-refractivity contribution in [3.8, 4) is 0 Å². The van der Waals surface area contributed by atoms with Crippen molar-refractivity contribution in [2.24, 2.45) is 0 Å². The van der Waals surface area contributed by atoms with Gasteiger partial charge >= 0.3 is 0 Å². The molecule has 3 nitrogen and oxygen atoms in total. The zero-order chi connectivity index (χ0) is 16.2. The van der Waals surface area contributed by atoms with Crippen molar-refractivity contribution in [1.82, 2.24) is 4.90 Å². The summed E-state index contributed by atoms with van der Waals surface area (Å²) in [4.78, 5) is 14.4. The molecule has 0 aliphatic carbocycles. The molecule has 1 aliphatic heterocycles. The van der Waals surface area contributed by atoms with Crippen molar-refractivity contribution < 1.29 is 4.79 Å². The van der Waals surface area contributed by atoms with E-state index >= 15 is 0 Å². The number of amides is 1. The largest absolute Gasteiger partial charge is 0.382 e. The molecule has 3 rings (SSSR count). The van der Waals surface area contributed by atoms with Crippen LogP contribution in [0.25, 0.3) is 0 Å². The van der Waals surface area contributed by atoms with Gasteiger partial charge in [0.15, 0.2) is 0 Å². The summed E-state index contributed by atoms with van der Waals surface area (Å²) in [7, 11) is 0. The highest BCUT2D eigenvalue weighted by Crippen LogP contribution is 2.21. The molecule has 0 radical (unpaired) electrons. The van der Waals surface area contributed by atoms with E-state index in [0.717, 1.165) is 36.1 Å². The van der Waals surface area contributed by atoms with Gasteiger partial charge in [-0.15, -0.1) is 0 Å². The van der Waals surface area contributed by atoms with Crippen LogP contribution in [-0.4, -0.2) is 29.9 Å². The first-order valence-corrected chi connectivity index (χ1v) is 8.86. The molecule has 0 atom stereocenters. The monoisotopic (exact) mass is 392 g/mol. The van der Waals surface area contributed by atoms with Crippen molar-refractivity contribution >= 4 is 39.1 Å². The molecule has 1 aliphatic rings. The summed E-state index contributed by atoms with van der Waals surface area (Å²) in [6, 6.07) is 15.7. The van der Waals surface area contributed by atoms with Crippen LogP contribution in [0.2, 0.25) is 5.02 Å². The Labute approximate surface area is 149 Å². The first-order chi connectivity index (χ1) is 11.1. The third-order valence-electron chi connectivity index (χ3n) is 4.07. The Kier molecular flexibility index (Phi) is 5.23. The lowest BCUT2D eigenvalue weighted by Gasteiger charge is -2.33. The van der Waals surface area contributed by atoms with E-state index in [1.807, 2.05) is 29.2 Å². The van der Waals surface area contributed by atoms with Crippen molar-refractivity contribution in [1.29, 1.82) is 0 Å². The molecular weight excluding hydrogens is 376 g/mol. The second-order valence-electron chi connectivity index (χ2n) is 5.73. The molecule has 2 aromatic rings. The average molecular weight is 394 g/mol. The molecule has 1 amide bonds. The highest BCUT2D eigenvalue weighted by molar-refractivity contribution is 9.10. The number of likely N-dealkylation sites (tertiary alicyclic amines) is 1. The number of nitrogens with one attached hydrogen (secondary N) is 1.